The van der Waals surface area contributed by atoms with E-state index in [1.165, 1.54) is 0 Å². The van der Waals surface area contributed by atoms with Gasteiger partial charge in [0.25, 0.3) is 0 Å². The van der Waals surface area contributed by atoms with Gasteiger partial charge in [-0.2, -0.15) is 5.10 Å². The predicted molar refractivity (Wildman–Crippen MR) is 95.5 cm³/mol. The Bertz CT molecular complexity index is 886. The SMILES string of the molecule is Cn1cc([C@H]2CNC[C@@H]2C(=O)NCc2nncn2-c2ccccc2)cn1. The van der Waals surface area contributed by atoms with Crippen LogP contribution in [0.3, 0.4) is 0 Å². The van der Waals surface area contributed by atoms with Crippen molar-refractivity contribution in [1.82, 2.24) is 35.2 Å². The van der Waals surface area contributed by atoms with E-state index in [1.54, 1.807) is 11.0 Å². The first kappa shape index (κ1) is 16.5. The van der Waals surface area contributed by atoms with Crippen molar-refractivity contribution in [2.24, 2.45) is 13.0 Å². The molecule has 2 aromatic heterocycles. The minimum Gasteiger partial charge on any atom is -0.348 e. The standard InChI is InChI=1S/C18H21N7O/c1-24-11-13(7-22-24)15-8-19-9-16(15)18(26)20-10-17-23-21-12-25(17)14-5-3-2-4-6-14/h2-7,11-12,15-16,19H,8-10H2,1H3,(H,20,26)/t15-,16+/m1/s1. The number of aryl methyl sites for hydroxylation is 1. The highest BCUT2D eigenvalue weighted by molar-refractivity contribution is 5.80. The molecule has 2 N–H and O–H groups in total. The molecule has 1 aliphatic rings. The van der Waals surface area contributed by atoms with Gasteiger partial charge in [-0.05, 0) is 17.7 Å². The number of amides is 1. The average Bonchev–Trinajstić information content (AvgIpc) is 3.40. The number of carbonyl (C=O) groups is 1. The Hall–Kier alpha value is -3.00. The highest BCUT2D eigenvalue weighted by atomic mass is 16.1. The molecule has 4 rings (SSSR count). The maximum absolute atomic E-state index is 12.7. The molecule has 26 heavy (non-hydrogen) atoms. The second-order valence-corrected chi connectivity index (χ2v) is 6.49. The van der Waals surface area contributed by atoms with Crippen molar-refractivity contribution >= 4 is 5.91 Å². The van der Waals surface area contributed by atoms with Gasteiger partial charge in [-0.15, -0.1) is 10.2 Å². The van der Waals surface area contributed by atoms with Crippen molar-refractivity contribution in [1.29, 1.82) is 0 Å². The number of carbonyl (C=O) groups excluding carboxylic acids is 1. The molecule has 8 nitrogen and oxygen atoms in total. The zero-order valence-corrected chi connectivity index (χ0v) is 14.5. The van der Waals surface area contributed by atoms with Crippen LogP contribution in [-0.2, 0) is 18.4 Å². The van der Waals surface area contributed by atoms with E-state index in [0.717, 1.165) is 17.8 Å². The Morgan fingerprint density at radius 2 is 2.15 bits per heavy atom. The lowest BCUT2D eigenvalue weighted by Crippen LogP contribution is -2.34. The van der Waals surface area contributed by atoms with E-state index in [0.29, 0.717) is 18.9 Å². The third-order valence-electron chi connectivity index (χ3n) is 4.78. The quantitative estimate of drug-likeness (QED) is 0.703. The van der Waals surface area contributed by atoms with Gasteiger partial charge < -0.3 is 10.6 Å². The molecule has 0 saturated carbocycles. The molecule has 0 spiro atoms. The van der Waals surface area contributed by atoms with E-state index in [2.05, 4.69) is 25.9 Å². The number of hydrogen-bond acceptors (Lipinski definition) is 5. The summed E-state index contributed by atoms with van der Waals surface area (Å²) in [7, 11) is 1.89. The average molecular weight is 351 g/mol. The van der Waals surface area contributed by atoms with E-state index in [1.807, 2.05) is 54.3 Å². The topological polar surface area (TPSA) is 89.7 Å². The molecular weight excluding hydrogens is 330 g/mol. The Morgan fingerprint density at radius 3 is 2.92 bits per heavy atom. The molecule has 1 amide bonds. The molecule has 134 valence electrons. The third kappa shape index (κ3) is 3.23. The summed E-state index contributed by atoms with van der Waals surface area (Å²) in [5.41, 5.74) is 2.06. The van der Waals surface area contributed by atoms with Crippen molar-refractivity contribution in [3.63, 3.8) is 0 Å². The largest absolute Gasteiger partial charge is 0.348 e. The molecule has 0 aliphatic carbocycles. The van der Waals surface area contributed by atoms with Crippen molar-refractivity contribution in [2.45, 2.75) is 12.5 Å². The minimum atomic E-state index is -0.118. The molecule has 2 atom stereocenters. The maximum Gasteiger partial charge on any atom is 0.225 e. The van der Waals surface area contributed by atoms with Crippen LogP contribution in [0.15, 0.2) is 49.1 Å². The highest BCUT2D eigenvalue weighted by Gasteiger charge is 2.34. The zero-order chi connectivity index (χ0) is 17.9. The van der Waals surface area contributed by atoms with Crippen LogP contribution in [0.4, 0.5) is 0 Å². The number of nitrogens with one attached hydrogen (secondary N) is 2. The summed E-state index contributed by atoms with van der Waals surface area (Å²) in [6.45, 7) is 1.78. The number of hydrogen-bond donors (Lipinski definition) is 2. The molecule has 1 aliphatic heterocycles. The van der Waals surface area contributed by atoms with Crippen LogP contribution in [0.25, 0.3) is 5.69 Å². The summed E-state index contributed by atoms with van der Waals surface area (Å²) in [6, 6.07) is 9.84. The Morgan fingerprint density at radius 1 is 1.31 bits per heavy atom. The first-order valence-corrected chi connectivity index (χ1v) is 8.63. The van der Waals surface area contributed by atoms with Gasteiger partial charge in [0, 0.05) is 37.9 Å². The fraction of sp³-hybridized carbons (Fsp3) is 0.333. The van der Waals surface area contributed by atoms with Crippen LogP contribution in [0, 0.1) is 5.92 Å². The second-order valence-electron chi connectivity index (χ2n) is 6.49. The Labute approximate surface area is 151 Å². The van der Waals surface area contributed by atoms with Crippen molar-refractivity contribution in [2.75, 3.05) is 13.1 Å². The van der Waals surface area contributed by atoms with E-state index in [9.17, 15) is 4.79 Å². The summed E-state index contributed by atoms with van der Waals surface area (Å²) < 4.78 is 3.65. The van der Waals surface area contributed by atoms with Crippen LogP contribution in [0.1, 0.15) is 17.3 Å². The molecule has 0 bridgehead atoms. The van der Waals surface area contributed by atoms with E-state index < -0.39 is 0 Å². The molecule has 1 fully saturated rings. The summed E-state index contributed by atoms with van der Waals surface area (Å²) in [6.07, 6.45) is 5.47. The summed E-state index contributed by atoms with van der Waals surface area (Å²) in [4.78, 5) is 12.7. The van der Waals surface area contributed by atoms with Gasteiger partial charge in [0.15, 0.2) is 5.82 Å². The van der Waals surface area contributed by atoms with Crippen molar-refractivity contribution in [3.8, 4) is 5.69 Å². The first-order valence-electron chi connectivity index (χ1n) is 8.63. The fourth-order valence-corrected chi connectivity index (χ4v) is 3.42. The number of aromatic nitrogens is 5. The molecule has 0 unspecified atom stereocenters. The van der Waals surface area contributed by atoms with Gasteiger partial charge in [0.2, 0.25) is 5.91 Å². The van der Waals surface area contributed by atoms with E-state index in [-0.39, 0.29) is 17.7 Å². The number of benzene rings is 1. The molecule has 3 aromatic rings. The van der Waals surface area contributed by atoms with Crippen LogP contribution in [0.2, 0.25) is 0 Å². The number of para-hydroxylation sites is 1. The smallest absolute Gasteiger partial charge is 0.225 e. The molecular formula is C18H21N7O. The van der Waals surface area contributed by atoms with Crippen LogP contribution in [-0.4, -0.2) is 43.5 Å². The van der Waals surface area contributed by atoms with Gasteiger partial charge in [0.1, 0.15) is 6.33 Å². The van der Waals surface area contributed by atoms with Crippen molar-refractivity contribution in [3.05, 3.63) is 60.4 Å². The fourth-order valence-electron chi connectivity index (χ4n) is 3.42. The van der Waals surface area contributed by atoms with Gasteiger partial charge in [-0.1, -0.05) is 18.2 Å². The summed E-state index contributed by atoms with van der Waals surface area (Å²) in [5, 5.41) is 18.7. The molecule has 0 radical (unpaired) electrons. The second kappa shape index (κ2) is 7.09. The zero-order valence-electron chi connectivity index (χ0n) is 14.5. The van der Waals surface area contributed by atoms with Crippen LogP contribution >= 0.6 is 0 Å². The molecule has 3 heterocycles. The lowest BCUT2D eigenvalue weighted by Gasteiger charge is -2.17. The molecule has 8 heteroatoms. The Balaban J connectivity index is 1.44. The van der Waals surface area contributed by atoms with Gasteiger partial charge in [0.05, 0.1) is 18.7 Å². The van der Waals surface area contributed by atoms with Crippen LogP contribution in [0.5, 0.6) is 0 Å². The summed E-state index contributed by atoms with van der Waals surface area (Å²) >= 11 is 0. The predicted octanol–water partition coefficient (Wildman–Crippen LogP) is 0.620. The normalized spacial score (nSPS) is 19.6. The van der Waals surface area contributed by atoms with Gasteiger partial charge in [-0.3, -0.25) is 14.0 Å². The molecule has 1 aromatic carbocycles. The third-order valence-corrected chi connectivity index (χ3v) is 4.78. The molecule has 1 saturated heterocycles. The Kier molecular flexibility index (Phi) is 4.49. The maximum atomic E-state index is 12.7. The van der Waals surface area contributed by atoms with Crippen molar-refractivity contribution < 1.29 is 4.79 Å². The van der Waals surface area contributed by atoms with Gasteiger partial charge >= 0.3 is 0 Å². The lowest BCUT2D eigenvalue weighted by atomic mass is 9.90. The minimum absolute atomic E-state index is 0.0199. The highest BCUT2D eigenvalue weighted by Crippen LogP contribution is 2.27. The van der Waals surface area contributed by atoms with E-state index >= 15 is 0 Å². The first-order chi connectivity index (χ1) is 12.7. The lowest BCUT2D eigenvalue weighted by molar-refractivity contribution is -0.125. The van der Waals surface area contributed by atoms with Crippen LogP contribution < -0.4 is 10.6 Å². The number of rotatable bonds is 5. The monoisotopic (exact) mass is 351 g/mol. The summed E-state index contributed by atoms with van der Waals surface area (Å²) in [5.74, 6) is 0.739. The van der Waals surface area contributed by atoms with Gasteiger partial charge in [-0.25, -0.2) is 0 Å². The van der Waals surface area contributed by atoms with E-state index in [4.69, 9.17) is 0 Å². The number of nitrogens with zero attached hydrogens (tertiary/aromatic N) is 5.